The zero-order chi connectivity index (χ0) is 15.4. The molecular weight excluding hydrogens is 294 g/mol. The maximum absolute atomic E-state index is 11.1. The number of hydrogen-bond donors (Lipinski definition) is 1. The Morgan fingerprint density at radius 3 is 2.67 bits per heavy atom. The van der Waals surface area contributed by atoms with Gasteiger partial charge in [-0.3, -0.25) is 10.1 Å². The van der Waals surface area contributed by atoms with Gasteiger partial charge in [0.1, 0.15) is 5.75 Å². The standard InChI is InChI=1S/C15H14ClNO4/c1-2-13(18)10-6-3-4-9-14(10)21-15-11(16)7-5-8-12(15)17(19)20/h3-9,13,18H,2H2,1H3/t13-/m1/s1. The smallest absolute Gasteiger partial charge is 0.313 e. The van der Waals surface area contributed by atoms with Crippen LogP contribution < -0.4 is 4.74 Å². The van der Waals surface area contributed by atoms with Crippen LogP contribution >= 0.6 is 11.6 Å². The van der Waals surface area contributed by atoms with Crippen molar-refractivity contribution in [2.24, 2.45) is 0 Å². The maximum atomic E-state index is 11.1. The van der Waals surface area contributed by atoms with E-state index in [1.165, 1.54) is 18.2 Å². The number of ether oxygens (including phenoxy) is 1. The molecule has 0 fully saturated rings. The van der Waals surface area contributed by atoms with Crippen molar-refractivity contribution < 1.29 is 14.8 Å². The number of nitrogens with zero attached hydrogens (tertiary/aromatic N) is 1. The third kappa shape index (κ3) is 3.32. The van der Waals surface area contributed by atoms with Crippen LogP contribution in [0.15, 0.2) is 42.5 Å². The van der Waals surface area contributed by atoms with E-state index >= 15 is 0 Å². The fourth-order valence-corrected chi connectivity index (χ4v) is 2.13. The second-order valence-electron chi connectivity index (χ2n) is 4.41. The van der Waals surface area contributed by atoms with Gasteiger partial charge in [0.25, 0.3) is 0 Å². The Morgan fingerprint density at radius 1 is 1.29 bits per heavy atom. The van der Waals surface area contributed by atoms with Crippen molar-refractivity contribution in [3.05, 3.63) is 63.2 Å². The Hall–Kier alpha value is -2.11. The first kappa shape index (κ1) is 15.3. The quantitative estimate of drug-likeness (QED) is 0.652. The van der Waals surface area contributed by atoms with Gasteiger partial charge >= 0.3 is 5.69 Å². The summed E-state index contributed by atoms with van der Waals surface area (Å²) in [4.78, 5) is 10.5. The van der Waals surface area contributed by atoms with Gasteiger partial charge in [-0.15, -0.1) is 0 Å². The summed E-state index contributed by atoms with van der Waals surface area (Å²) >= 11 is 6.00. The molecule has 21 heavy (non-hydrogen) atoms. The number of nitro benzene ring substituents is 1. The number of benzene rings is 2. The molecule has 0 radical (unpaired) electrons. The molecule has 0 aliphatic rings. The van der Waals surface area contributed by atoms with E-state index in [0.717, 1.165) is 0 Å². The third-order valence-electron chi connectivity index (χ3n) is 3.02. The number of rotatable bonds is 5. The molecule has 0 heterocycles. The Kier molecular flexibility index (Phi) is 4.77. The fraction of sp³-hybridized carbons (Fsp3) is 0.200. The predicted octanol–water partition coefficient (Wildman–Crippen LogP) is 4.48. The highest BCUT2D eigenvalue weighted by Gasteiger charge is 2.21. The summed E-state index contributed by atoms with van der Waals surface area (Å²) in [6, 6.07) is 11.2. The van der Waals surface area contributed by atoms with Crippen molar-refractivity contribution in [3.8, 4) is 11.5 Å². The number of aliphatic hydroxyl groups excluding tert-OH is 1. The average molecular weight is 308 g/mol. The van der Waals surface area contributed by atoms with Crippen molar-refractivity contribution in [1.29, 1.82) is 0 Å². The second-order valence-corrected chi connectivity index (χ2v) is 4.82. The summed E-state index contributed by atoms with van der Waals surface area (Å²) < 4.78 is 5.62. The number of para-hydroxylation sites is 2. The van der Waals surface area contributed by atoms with Crippen molar-refractivity contribution in [1.82, 2.24) is 0 Å². The van der Waals surface area contributed by atoms with Gasteiger partial charge in [-0.2, -0.15) is 0 Å². The minimum atomic E-state index is -0.706. The molecule has 0 saturated carbocycles. The van der Waals surface area contributed by atoms with Gasteiger partial charge in [-0.25, -0.2) is 0 Å². The normalized spacial score (nSPS) is 12.0. The molecule has 110 valence electrons. The largest absolute Gasteiger partial charge is 0.448 e. The molecule has 0 spiro atoms. The van der Waals surface area contributed by atoms with Gasteiger partial charge in [-0.1, -0.05) is 42.8 Å². The van der Waals surface area contributed by atoms with Crippen molar-refractivity contribution in [2.45, 2.75) is 19.4 Å². The highest BCUT2D eigenvalue weighted by Crippen LogP contribution is 2.40. The highest BCUT2D eigenvalue weighted by atomic mass is 35.5. The molecule has 2 aromatic rings. The minimum absolute atomic E-state index is 0.0279. The molecule has 2 rings (SSSR count). The van der Waals surface area contributed by atoms with E-state index in [1.54, 1.807) is 24.3 Å². The molecule has 2 aromatic carbocycles. The molecule has 0 aliphatic heterocycles. The average Bonchev–Trinajstić information content (AvgIpc) is 2.48. The fourth-order valence-electron chi connectivity index (χ4n) is 1.92. The third-order valence-corrected chi connectivity index (χ3v) is 3.32. The summed E-state index contributed by atoms with van der Waals surface area (Å²) in [5.41, 5.74) is 0.345. The van der Waals surface area contributed by atoms with E-state index in [-0.39, 0.29) is 16.5 Å². The first-order chi connectivity index (χ1) is 10.0. The van der Waals surface area contributed by atoms with Crippen molar-refractivity contribution in [3.63, 3.8) is 0 Å². The molecule has 1 N–H and O–H groups in total. The van der Waals surface area contributed by atoms with Gasteiger partial charge in [0.2, 0.25) is 5.75 Å². The van der Waals surface area contributed by atoms with Crippen LogP contribution in [0.25, 0.3) is 0 Å². The Labute approximate surface area is 126 Å². The van der Waals surface area contributed by atoms with E-state index in [2.05, 4.69) is 0 Å². The van der Waals surface area contributed by atoms with Crippen molar-refractivity contribution in [2.75, 3.05) is 0 Å². The van der Waals surface area contributed by atoms with Crippen LogP contribution in [-0.4, -0.2) is 10.0 Å². The van der Waals surface area contributed by atoms with Gasteiger partial charge in [0, 0.05) is 11.6 Å². The molecule has 5 nitrogen and oxygen atoms in total. The SMILES string of the molecule is CC[C@@H](O)c1ccccc1Oc1c(Cl)cccc1[N+](=O)[O-]. The lowest BCUT2D eigenvalue weighted by Gasteiger charge is -2.15. The second kappa shape index (κ2) is 6.56. The minimum Gasteiger partial charge on any atom is -0.448 e. The monoisotopic (exact) mass is 307 g/mol. The zero-order valence-electron chi connectivity index (χ0n) is 11.3. The number of aliphatic hydroxyl groups is 1. The van der Waals surface area contributed by atoms with Crippen LogP contribution in [-0.2, 0) is 0 Å². The Bertz CT molecular complexity index is 660. The Balaban J connectivity index is 2.46. The predicted molar refractivity (Wildman–Crippen MR) is 79.9 cm³/mol. The molecule has 0 aliphatic carbocycles. The van der Waals surface area contributed by atoms with E-state index in [1.807, 2.05) is 6.92 Å². The van der Waals surface area contributed by atoms with Crippen LogP contribution in [0.5, 0.6) is 11.5 Å². The number of nitro groups is 1. The zero-order valence-corrected chi connectivity index (χ0v) is 12.1. The van der Waals surface area contributed by atoms with Crippen LogP contribution in [0.3, 0.4) is 0 Å². The van der Waals surface area contributed by atoms with Crippen LogP contribution in [0.4, 0.5) is 5.69 Å². The summed E-state index contributed by atoms with van der Waals surface area (Å²) in [5.74, 6) is 0.322. The first-order valence-electron chi connectivity index (χ1n) is 6.42. The molecule has 0 aromatic heterocycles. The van der Waals surface area contributed by atoms with Crippen LogP contribution in [0.1, 0.15) is 25.0 Å². The van der Waals surface area contributed by atoms with Crippen molar-refractivity contribution >= 4 is 17.3 Å². The molecule has 0 unspecified atom stereocenters. The van der Waals surface area contributed by atoms with E-state index in [4.69, 9.17) is 16.3 Å². The molecule has 0 amide bonds. The first-order valence-corrected chi connectivity index (χ1v) is 6.80. The van der Waals surface area contributed by atoms with Gasteiger partial charge in [0.05, 0.1) is 16.0 Å². The number of halogens is 1. The van der Waals surface area contributed by atoms with E-state index < -0.39 is 11.0 Å². The topological polar surface area (TPSA) is 72.6 Å². The lowest BCUT2D eigenvalue weighted by molar-refractivity contribution is -0.385. The molecule has 0 saturated heterocycles. The summed E-state index contributed by atoms with van der Waals surface area (Å²) in [6.07, 6.45) is -0.201. The van der Waals surface area contributed by atoms with Crippen LogP contribution in [0.2, 0.25) is 5.02 Å². The molecular formula is C15H14ClNO4. The molecule has 1 atom stereocenters. The van der Waals surface area contributed by atoms with Gasteiger partial charge in [0.15, 0.2) is 0 Å². The molecule has 0 bridgehead atoms. The van der Waals surface area contributed by atoms with E-state index in [9.17, 15) is 15.2 Å². The lowest BCUT2D eigenvalue weighted by atomic mass is 10.1. The molecule has 6 heteroatoms. The van der Waals surface area contributed by atoms with E-state index in [0.29, 0.717) is 17.7 Å². The summed E-state index contributed by atoms with van der Waals surface area (Å²) in [5, 5.41) is 21.2. The highest BCUT2D eigenvalue weighted by molar-refractivity contribution is 6.32. The summed E-state index contributed by atoms with van der Waals surface area (Å²) in [6.45, 7) is 1.83. The maximum Gasteiger partial charge on any atom is 0.313 e. The Morgan fingerprint density at radius 2 is 2.00 bits per heavy atom. The van der Waals surface area contributed by atoms with Gasteiger partial charge in [-0.05, 0) is 18.6 Å². The summed E-state index contributed by atoms with van der Waals surface area (Å²) in [7, 11) is 0. The van der Waals surface area contributed by atoms with Crippen LogP contribution in [0, 0.1) is 10.1 Å². The number of hydrogen-bond acceptors (Lipinski definition) is 4. The van der Waals surface area contributed by atoms with Gasteiger partial charge < -0.3 is 9.84 Å². The lowest BCUT2D eigenvalue weighted by Crippen LogP contribution is -2.00.